The van der Waals surface area contributed by atoms with Gasteiger partial charge in [-0.1, -0.05) is 231 Å². The molecule has 0 bridgehead atoms. The fraction of sp³-hybridized carbons (Fsp3) is 0.0270. The number of hydrogen-bond donors (Lipinski definition) is 0. The molecule has 2 heteroatoms. The van der Waals surface area contributed by atoms with Gasteiger partial charge in [0.05, 0.1) is 10.8 Å². The van der Waals surface area contributed by atoms with Crippen molar-refractivity contribution in [2.75, 3.05) is 4.90 Å². The molecule has 1 aromatic heterocycles. The standard InChI is InChI=1S/C74H47NO/c1-5-21-48(22-6-1)73(49-23-7-2-8-24-49)65-34-18-15-30-57(65)59-41-38-53(46-67(59)73)75(54-39-42-60-58-31-16-19-35-66(58)74(68(60)47-54,50-25-9-3-10-26-50)51-27-11-4-12-28-51)52-37-40-56-55-29-13-14-32-61(55)71-62(64(56)45-52)43-44-70-72(71)63-33-17-20-36-69(63)76-70/h1-47H. The van der Waals surface area contributed by atoms with Gasteiger partial charge in [0, 0.05) is 33.2 Å². The number of hydrogen-bond acceptors (Lipinski definition) is 2. The van der Waals surface area contributed by atoms with Crippen LogP contribution in [0.5, 0.6) is 0 Å². The Balaban J connectivity index is 1.01. The molecule has 2 nitrogen and oxygen atoms in total. The second-order valence-corrected chi connectivity index (χ2v) is 20.6. The minimum atomic E-state index is -0.581. The molecular weight excluding hydrogens is 919 g/mol. The van der Waals surface area contributed by atoms with E-state index in [0.717, 1.165) is 39.0 Å². The van der Waals surface area contributed by atoms with Crippen molar-refractivity contribution in [2.24, 2.45) is 0 Å². The summed E-state index contributed by atoms with van der Waals surface area (Å²) in [6, 6.07) is 106. The summed E-state index contributed by atoms with van der Waals surface area (Å²) in [5.41, 5.74) is 18.9. The van der Waals surface area contributed by atoms with Crippen LogP contribution in [0.2, 0.25) is 0 Å². The summed E-state index contributed by atoms with van der Waals surface area (Å²) in [6.45, 7) is 0. The van der Waals surface area contributed by atoms with Crippen LogP contribution in [0.3, 0.4) is 0 Å². The SMILES string of the molecule is c1ccc(C2(c3ccccc3)c3ccccc3-c3ccc(N(c4ccc5c(c4)C(c4ccccc4)(c4ccccc4)c4ccccc4-5)c4ccc5c6ccccc6c6c(ccc7oc8ccccc8c76)c5c4)cc32)cc1. The third-order valence-corrected chi connectivity index (χ3v) is 17.0. The zero-order valence-corrected chi connectivity index (χ0v) is 41.5. The van der Waals surface area contributed by atoms with Crippen LogP contribution in [0.4, 0.5) is 17.1 Å². The number of para-hydroxylation sites is 1. The first-order chi connectivity index (χ1) is 37.7. The summed E-state index contributed by atoms with van der Waals surface area (Å²) in [6.07, 6.45) is 0. The van der Waals surface area contributed by atoms with Gasteiger partial charge in [0.15, 0.2) is 0 Å². The summed E-state index contributed by atoms with van der Waals surface area (Å²) in [7, 11) is 0. The van der Waals surface area contributed by atoms with Gasteiger partial charge in [-0.2, -0.15) is 0 Å². The fourth-order valence-electron chi connectivity index (χ4n) is 14.0. The predicted octanol–water partition coefficient (Wildman–Crippen LogP) is 19.2. The van der Waals surface area contributed by atoms with Crippen molar-refractivity contribution in [2.45, 2.75) is 10.8 Å². The highest BCUT2D eigenvalue weighted by Crippen LogP contribution is 2.60. The average molecular weight is 966 g/mol. The van der Waals surface area contributed by atoms with Crippen LogP contribution in [-0.4, -0.2) is 0 Å². The fourth-order valence-corrected chi connectivity index (χ4v) is 14.0. The molecule has 0 unspecified atom stereocenters. The van der Waals surface area contributed by atoms with E-state index in [9.17, 15) is 0 Å². The zero-order valence-electron chi connectivity index (χ0n) is 41.5. The Morgan fingerprint density at radius 2 is 0.618 bits per heavy atom. The minimum Gasteiger partial charge on any atom is -0.456 e. The third-order valence-electron chi connectivity index (χ3n) is 17.0. The number of furan rings is 1. The smallest absolute Gasteiger partial charge is 0.136 e. The largest absolute Gasteiger partial charge is 0.456 e. The maximum atomic E-state index is 6.57. The van der Waals surface area contributed by atoms with Crippen LogP contribution >= 0.6 is 0 Å². The highest BCUT2D eigenvalue weighted by Gasteiger charge is 2.48. The van der Waals surface area contributed by atoms with Gasteiger partial charge in [-0.3, -0.25) is 0 Å². The van der Waals surface area contributed by atoms with Crippen molar-refractivity contribution in [3.8, 4) is 22.3 Å². The van der Waals surface area contributed by atoms with Crippen molar-refractivity contribution >= 4 is 71.3 Å². The summed E-state index contributed by atoms with van der Waals surface area (Å²) < 4.78 is 6.57. The van der Waals surface area contributed by atoms with E-state index in [1.165, 1.54) is 99.1 Å². The van der Waals surface area contributed by atoms with Gasteiger partial charge in [-0.15, -0.1) is 0 Å². The molecule has 0 fully saturated rings. The second kappa shape index (κ2) is 16.4. The molecule has 2 aliphatic rings. The van der Waals surface area contributed by atoms with Gasteiger partial charge in [0.2, 0.25) is 0 Å². The van der Waals surface area contributed by atoms with Gasteiger partial charge < -0.3 is 9.32 Å². The molecule has 1 heterocycles. The maximum Gasteiger partial charge on any atom is 0.136 e. The molecule has 76 heavy (non-hydrogen) atoms. The van der Waals surface area contributed by atoms with Crippen LogP contribution in [0, 0.1) is 0 Å². The summed E-state index contributed by atoms with van der Waals surface area (Å²) in [4.78, 5) is 2.53. The number of anilines is 3. The van der Waals surface area contributed by atoms with E-state index in [0.29, 0.717) is 0 Å². The van der Waals surface area contributed by atoms with Crippen molar-refractivity contribution in [1.82, 2.24) is 0 Å². The third kappa shape index (κ3) is 5.81. The van der Waals surface area contributed by atoms with E-state index in [-0.39, 0.29) is 0 Å². The molecule has 354 valence electrons. The average Bonchev–Trinajstić information content (AvgIpc) is 4.31. The Kier molecular flexibility index (Phi) is 9.20. The first-order valence-electron chi connectivity index (χ1n) is 26.4. The molecule has 0 saturated heterocycles. The molecule has 0 saturated carbocycles. The molecule has 0 amide bonds. The summed E-state index contributed by atoms with van der Waals surface area (Å²) >= 11 is 0. The lowest BCUT2D eigenvalue weighted by Crippen LogP contribution is -2.29. The molecular formula is C74H47NO. The molecule has 0 N–H and O–H groups in total. The Labute approximate surface area is 441 Å². The molecule has 0 aliphatic heterocycles. The van der Waals surface area contributed by atoms with Gasteiger partial charge in [0.1, 0.15) is 11.2 Å². The molecule has 14 aromatic rings. The van der Waals surface area contributed by atoms with Crippen LogP contribution in [0.25, 0.3) is 76.5 Å². The summed E-state index contributed by atoms with van der Waals surface area (Å²) in [5.74, 6) is 0. The topological polar surface area (TPSA) is 16.4 Å². The Hall–Kier alpha value is -9.76. The molecule has 16 rings (SSSR count). The minimum absolute atomic E-state index is 0.581. The van der Waals surface area contributed by atoms with Gasteiger partial charge in [0.25, 0.3) is 0 Å². The first kappa shape index (κ1) is 42.7. The number of nitrogens with zero attached hydrogens (tertiary/aromatic N) is 1. The van der Waals surface area contributed by atoms with E-state index < -0.39 is 10.8 Å². The monoisotopic (exact) mass is 965 g/mol. The Morgan fingerprint density at radius 1 is 0.237 bits per heavy atom. The molecule has 13 aromatic carbocycles. The van der Waals surface area contributed by atoms with Crippen LogP contribution in [0.15, 0.2) is 290 Å². The summed E-state index contributed by atoms with van der Waals surface area (Å²) in [5, 5.41) is 9.54. The van der Waals surface area contributed by atoms with E-state index >= 15 is 0 Å². The lowest BCUT2D eigenvalue weighted by molar-refractivity contribution is 0.669. The van der Waals surface area contributed by atoms with Crippen molar-refractivity contribution in [3.05, 3.63) is 330 Å². The van der Waals surface area contributed by atoms with Crippen molar-refractivity contribution in [1.29, 1.82) is 0 Å². The predicted molar refractivity (Wildman–Crippen MR) is 316 cm³/mol. The zero-order chi connectivity index (χ0) is 50.0. The van der Waals surface area contributed by atoms with Crippen LogP contribution < -0.4 is 4.90 Å². The van der Waals surface area contributed by atoms with Crippen molar-refractivity contribution in [3.63, 3.8) is 0 Å². The van der Waals surface area contributed by atoms with E-state index in [1.54, 1.807) is 0 Å². The van der Waals surface area contributed by atoms with Gasteiger partial charge in [-0.05, 0) is 148 Å². The Morgan fingerprint density at radius 3 is 1.16 bits per heavy atom. The lowest BCUT2D eigenvalue weighted by atomic mass is 9.67. The number of rotatable bonds is 7. The van der Waals surface area contributed by atoms with E-state index in [4.69, 9.17) is 4.42 Å². The van der Waals surface area contributed by atoms with Gasteiger partial charge >= 0.3 is 0 Å². The Bertz CT molecular complexity index is 4370. The number of fused-ring (bicyclic) bond motifs is 16. The lowest BCUT2D eigenvalue weighted by Gasteiger charge is -2.36. The maximum absolute atomic E-state index is 6.57. The first-order valence-corrected chi connectivity index (χ1v) is 26.4. The highest BCUT2D eigenvalue weighted by atomic mass is 16.3. The van der Waals surface area contributed by atoms with Crippen LogP contribution in [0.1, 0.15) is 44.5 Å². The molecule has 0 atom stereocenters. The van der Waals surface area contributed by atoms with E-state index in [2.05, 4.69) is 290 Å². The highest BCUT2D eigenvalue weighted by molar-refractivity contribution is 6.34. The molecule has 0 radical (unpaired) electrons. The second-order valence-electron chi connectivity index (χ2n) is 20.6. The van der Waals surface area contributed by atoms with Crippen molar-refractivity contribution < 1.29 is 4.42 Å². The normalized spacial score (nSPS) is 13.7. The quantitative estimate of drug-likeness (QED) is 0.148. The molecule has 0 spiro atoms. The van der Waals surface area contributed by atoms with E-state index in [1.807, 2.05) is 0 Å². The van der Waals surface area contributed by atoms with Gasteiger partial charge in [-0.25, -0.2) is 0 Å². The van der Waals surface area contributed by atoms with Crippen LogP contribution in [-0.2, 0) is 10.8 Å². The number of benzene rings is 13. The molecule has 2 aliphatic carbocycles.